The molecule has 0 aliphatic carbocycles. The van der Waals surface area contributed by atoms with Crippen molar-refractivity contribution in [1.82, 2.24) is 0 Å². The normalized spacial score (nSPS) is 10.5. The Morgan fingerprint density at radius 1 is 0.208 bits per heavy atom. The summed E-state index contributed by atoms with van der Waals surface area (Å²) in [6.45, 7) is 135. The number of rotatable bonds is 49. The molecule has 0 aromatic carbocycles. The van der Waals surface area contributed by atoms with Gasteiger partial charge in [0.25, 0.3) is 0 Å². The molecular weight excluding hydrogens is 2190 g/mol. The van der Waals surface area contributed by atoms with Crippen molar-refractivity contribution < 1.29 is 137 Å². The molecule has 0 radical (unpaired) electrons. The smallest absolute Gasteiger partial charge is 0.0578 e. The van der Waals surface area contributed by atoms with Crippen molar-refractivity contribution >= 4 is 0 Å². The second-order valence-electron chi connectivity index (χ2n) is 35.6. The Morgan fingerprint density at radius 2 is 0.385 bits per heavy atom. The van der Waals surface area contributed by atoms with Crippen molar-refractivity contribution in [2.24, 2.45) is 36.3 Å². The number of nitrogens with zero attached hydrogens (tertiary/aromatic N) is 20. The zero-order valence-electron chi connectivity index (χ0n) is 98.0. The zero-order chi connectivity index (χ0) is 107. The third-order valence-corrected chi connectivity index (χ3v) is 24.9. The Kier molecular flexibility index (Phi) is 216. The Hall–Kier alpha value is 2.90. The van der Waals surface area contributed by atoms with Gasteiger partial charge >= 0.3 is 391 Å². The SMILES string of the molecule is CCC(C)(C)[N]=[Mo].CCC(C)(C)[N]=[Mo].CCC(C)(C)[N]=[Mo].CCC(C)(C)[N]=[Mo].CCC(C)(C)[N]=[Mo].CCC(C)(C)[N]=[Mo].CCC(C)(C)[N]=[Mo].CCCC[N-]CC.CCCC[N-]CC.CCC[N-]CC.CCC[N-]CC.CCC[N-]CC.CC[N-]C(C)(C)C.CC[N-]C(C)C.CC[N-]C(C)CC.CC[N-]CC.CC[N-]CC.CC[N-]CC.CC[N-]CC(C)C.CC[N-]CC(C)C. The molecule has 0 N–H and O–H groups in total. The maximum absolute atomic E-state index is 4.26. The second kappa shape index (κ2) is 155. The molecule has 27 heteroatoms. The van der Waals surface area contributed by atoms with Gasteiger partial charge < -0.3 is 69.1 Å². The number of hydrogen-bond donors (Lipinski definition) is 0. The summed E-state index contributed by atoms with van der Waals surface area (Å²) in [5.74, 6) is 1.47. The van der Waals surface area contributed by atoms with E-state index in [0.29, 0.717) is 12.1 Å². The first-order chi connectivity index (χ1) is 60.3. The minimum absolute atomic E-state index is 0.175. The summed E-state index contributed by atoms with van der Waals surface area (Å²) in [4.78, 5) is 0. The van der Waals surface area contributed by atoms with E-state index in [1.54, 1.807) is 137 Å². The molecule has 0 aromatic heterocycles. The van der Waals surface area contributed by atoms with Crippen LogP contribution in [-0.2, 0) is 137 Å². The van der Waals surface area contributed by atoms with Crippen molar-refractivity contribution in [1.29, 1.82) is 0 Å². The van der Waals surface area contributed by atoms with Crippen LogP contribution in [0.3, 0.4) is 0 Å². The van der Waals surface area contributed by atoms with Crippen LogP contribution >= 0.6 is 0 Å². The summed E-state index contributed by atoms with van der Waals surface area (Å²) in [7, 11) is 0. The first kappa shape index (κ1) is 181. The van der Waals surface area contributed by atoms with E-state index in [1.165, 1.54) is 51.4 Å². The molecule has 0 rings (SSSR count). The van der Waals surface area contributed by atoms with E-state index in [9.17, 15) is 0 Å². The van der Waals surface area contributed by atoms with Gasteiger partial charge in [0.05, 0.1) is 0 Å². The van der Waals surface area contributed by atoms with Crippen molar-refractivity contribution in [3.8, 4) is 0 Å². The van der Waals surface area contributed by atoms with E-state index in [0.717, 1.165) is 207 Å². The molecule has 0 fully saturated rings. The van der Waals surface area contributed by atoms with Crippen LogP contribution in [0.2, 0.25) is 0 Å². The van der Waals surface area contributed by atoms with Gasteiger partial charge in [0.1, 0.15) is 0 Å². The van der Waals surface area contributed by atoms with Gasteiger partial charge in [0.15, 0.2) is 0 Å². The van der Waals surface area contributed by atoms with Crippen LogP contribution in [0.4, 0.5) is 0 Å². The fourth-order valence-electron chi connectivity index (χ4n) is 4.98. The van der Waals surface area contributed by atoms with Crippen molar-refractivity contribution in [3.63, 3.8) is 0 Å². The molecule has 0 aliphatic rings. The van der Waals surface area contributed by atoms with Crippen LogP contribution in [0, 0.1) is 11.8 Å². The molecule has 130 heavy (non-hydrogen) atoms. The fraction of sp³-hybridized carbons (Fsp3) is 1.00. The second-order valence-corrected chi connectivity index (χ2v) is 38.8. The Balaban J connectivity index is -0.0000000545. The van der Waals surface area contributed by atoms with Crippen LogP contribution in [0.25, 0.3) is 69.1 Å². The molecule has 0 aromatic rings. The summed E-state index contributed by atoms with van der Waals surface area (Å²) in [5, 5.41) is 53.5. The standard InChI is InChI=1S/6C6H14N.C5H12N.7C5H11N.3C5H12N.3C4H10N.7Mo/c1-5-7-6(2,3)4;2*1-4-7-5-6(2)3;1-4-6(3)7-5-2;2*1-3-5-6-7-4-2;1-4-6-5(2)3;7*1-4-5(2,3)6;3*1-3-5-6-4-2;3*1-3-5-4-2;;;;;;;/h5H2,1-4H3;3*6H,4-5H2,1-3H3;2*3-6H2,1-2H3;5H,4H2,1-3H3;7*4H2,1-3H3;3*3-5H2,1-2H3;3*3-4H2,1-2H3;;;;;;;/q7*-1;;;;;;;;6*-1;;;;;;;. The maximum Gasteiger partial charge on any atom is -0.0578 e. The van der Waals surface area contributed by atoms with Gasteiger partial charge in [-0.2, -0.15) is 105 Å². The average molecular weight is 2430 g/mol. The largest absolute Gasteiger partial charge is 0.663 e. The van der Waals surface area contributed by atoms with Crippen molar-refractivity contribution in [3.05, 3.63) is 69.1 Å². The van der Waals surface area contributed by atoms with Gasteiger partial charge in [-0.1, -0.05) is 285 Å². The molecular formula is C103H239Mo7N20-13. The molecule has 0 aliphatic heterocycles. The average Bonchev–Trinajstić information content (AvgIpc) is 1.02. The molecule has 0 saturated heterocycles. The summed E-state index contributed by atoms with van der Waals surface area (Å²) in [6, 6.07) is 1.10. The van der Waals surface area contributed by atoms with E-state index in [4.69, 9.17) is 0 Å². The minimum atomic E-state index is 0.175. The van der Waals surface area contributed by atoms with E-state index in [-0.39, 0.29) is 44.3 Å². The number of unbranched alkanes of at least 4 members (excludes halogenated alkanes) is 2. The predicted octanol–water partition coefficient (Wildman–Crippen LogP) is 37.5. The molecule has 0 amide bonds. The first-order valence-corrected chi connectivity index (χ1v) is 57.4. The molecule has 0 saturated carbocycles. The van der Waals surface area contributed by atoms with Crippen LogP contribution in [0.1, 0.15) is 463 Å². The van der Waals surface area contributed by atoms with Gasteiger partial charge in [-0.05, 0) is 0 Å². The monoisotopic (exact) mass is 2440 g/mol. The first-order valence-electron chi connectivity index (χ1n) is 51.1. The Morgan fingerprint density at radius 3 is 0.431 bits per heavy atom. The van der Waals surface area contributed by atoms with E-state index < -0.39 is 0 Å². The Labute approximate surface area is 904 Å². The van der Waals surface area contributed by atoms with Gasteiger partial charge in [-0.15, -0.1) is 63.4 Å². The Bertz CT molecular complexity index is 1640. The fourth-order valence-corrected chi connectivity index (χ4v) is 7.20. The summed E-state index contributed by atoms with van der Waals surface area (Å²) in [5.41, 5.74) is 1.66. The van der Waals surface area contributed by atoms with Crippen LogP contribution < -0.4 is 0 Å². The van der Waals surface area contributed by atoms with Crippen molar-refractivity contribution in [2.75, 3.05) is 151 Å². The molecule has 0 heterocycles. The number of hydrogen-bond acceptors (Lipinski definition) is 7. The molecule has 0 bridgehead atoms. The van der Waals surface area contributed by atoms with Crippen LogP contribution in [-0.4, -0.2) is 207 Å². The van der Waals surface area contributed by atoms with Gasteiger partial charge in [0.2, 0.25) is 0 Å². The van der Waals surface area contributed by atoms with Gasteiger partial charge in [-0.25, -0.2) is 0 Å². The van der Waals surface area contributed by atoms with Crippen LogP contribution in [0.15, 0.2) is 24.5 Å². The van der Waals surface area contributed by atoms with E-state index in [2.05, 4.69) is 419 Å². The zero-order valence-corrected chi connectivity index (χ0v) is 112. The molecule has 1 atom stereocenters. The quantitative estimate of drug-likeness (QED) is 0.0406. The molecule has 806 valence electrons. The summed E-state index contributed by atoms with van der Waals surface area (Å²) in [6.07, 6.45) is 17.7. The van der Waals surface area contributed by atoms with Gasteiger partial charge in [-0.3, -0.25) is 0 Å². The molecule has 1 unspecified atom stereocenters. The predicted molar refractivity (Wildman–Crippen MR) is 579 cm³/mol. The topological polar surface area (TPSA) is 270 Å². The van der Waals surface area contributed by atoms with E-state index >= 15 is 0 Å². The van der Waals surface area contributed by atoms with Crippen LogP contribution in [0.5, 0.6) is 0 Å². The third kappa shape index (κ3) is 286. The minimum Gasteiger partial charge on any atom is -0.663 e. The molecule has 20 nitrogen and oxygen atoms in total. The summed E-state index contributed by atoms with van der Waals surface area (Å²) < 4.78 is 29.0. The van der Waals surface area contributed by atoms with E-state index in [1.807, 2.05) is 41.5 Å². The third-order valence-electron chi connectivity index (χ3n) is 16.4. The summed E-state index contributed by atoms with van der Waals surface area (Å²) >= 11 is 12.6. The molecule has 0 spiro atoms. The van der Waals surface area contributed by atoms with Crippen molar-refractivity contribution in [2.45, 2.75) is 520 Å². The van der Waals surface area contributed by atoms with Gasteiger partial charge in [0, 0.05) is 0 Å². The maximum atomic E-state index is 4.26.